The van der Waals surface area contributed by atoms with Crippen LogP contribution in [-0.2, 0) is 13.6 Å². The van der Waals surface area contributed by atoms with Crippen LogP contribution >= 0.6 is 35.6 Å². The molecule has 5 nitrogen and oxygen atoms in total. The van der Waals surface area contributed by atoms with Crippen molar-refractivity contribution in [3.05, 3.63) is 52.8 Å². The van der Waals surface area contributed by atoms with Crippen molar-refractivity contribution in [2.24, 2.45) is 12.0 Å². The highest BCUT2D eigenvalue weighted by molar-refractivity contribution is 14.0. The summed E-state index contributed by atoms with van der Waals surface area (Å²) in [6.07, 6.45) is 2.90. The topological polar surface area (TPSA) is 54.2 Å². The smallest absolute Gasteiger partial charge is 0.191 e. The Kier molecular flexibility index (Phi) is 6.91. The zero-order valence-electron chi connectivity index (χ0n) is 13.9. The van der Waals surface area contributed by atoms with E-state index in [9.17, 15) is 0 Å². The van der Waals surface area contributed by atoms with Gasteiger partial charge in [0, 0.05) is 36.8 Å². The molecule has 1 heterocycles. The van der Waals surface area contributed by atoms with Crippen LogP contribution < -0.4 is 10.6 Å². The Labute approximate surface area is 164 Å². The Bertz CT molecular complexity index is 700. The Hall–Kier alpha value is -1.28. The van der Waals surface area contributed by atoms with E-state index in [1.807, 2.05) is 36.0 Å². The number of aryl methyl sites for hydroxylation is 1. The molecule has 130 valence electrons. The number of halogens is 2. The van der Waals surface area contributed by atoms with Gasteiger partial charge < -0.3 is 10.6 Å². The second kappa shape index (κ2) is 8.71. The summed E-state index contributed by atoms with van der Waals surface area (Å²) in [6.45, 7) is 3.52. The first-order valence-corrected chi connectivity index (χ1v) is 8.32. The largest absolute Gasteiger partial charge is 0.357 e. The maximum absolute atomic E-state index is 6.08. The molecule has 0 aliphatic heterocycles. The number of nitrogens with zero attached hydrogens (tertiary/aromatic N) is 3. The van der Waals surface area contributed by atoms with Crippen molar-refractivity contribution in [2.45, 2.75) is 31.8 Å². The molecule has 0 amide bonds. The van der Waals surface area contributed by atoms with Gasteiger partial charge in [0.2, 0.25) is 0 Å². The molecule has 0 saturated heterocycles. The maximum Gasteiger partial charge on any atom is 0.191 e. The predicted octanol–water partition coefficient (Wildman–Crippen LogP) is 3.30. The zero-order chi connectivity index (χ0) is 16.2. The molecule has 1 aromatic heterocycles. The van der Waals surface area contributed by atoms with Gasteiger partial charge >= 0.3 is 0 Å². The summed E-state index contributed by atoms with van der Waals surface area (Å²) in [7, 11) is 1.93. The van der Waals surface area contributed by atoms with Crippen LogP contribution in [0.15, 0.2) is 41.5 Å². The Morgan fingerprint density at radius 1 is 1.42 bits per heavy atom. The van der Waals surface area contributed by atoms with Crippen molar-refractivity contribution in [1.82, 2.24) is 20.4 Å². The summed E-state index contributed by atoms with van der Waals surface area (Å²) in [5, 5.41) is 11.8. The fourth-order valence-corrected chi connectivity index (χ4v) is 2.87. The maximum atomic E-state index is 6.08. The summed E-state index contributed by atoms with van der Waals surface area (Å²) >= 11 is 6.08. The van der Waals surface area contributed by atoms with Crippen LogP contribution in [0.25, 0.3) is 0 Å². The van der Waals surface area contributed by atoms with E-state index in [0.29, 0.717) is 18.5 Å². The van der Waals surface area contributed by atoms with Crippen molar-refractivity contribution in [1.29, 1.82) is 0 Å². The van der Waals surface area contributed by atoms with Crippen molar-refractivity contribution in [3.8, 4) is 0 Å². The fourth-order valence-electron chi connectivity index (χ4n) is 2.67. The van der Waals surface area contributed by atoms with Crippen molar-refractivity contribution < 1.29 is 0 Å². The van der Waals surface area contributed by atoms with Gasteiger partial charge in [-0.3, -0.25) is 4.68 Å². The average Bonchev–Trinajstić information content (AvgIpc) is 3.18. The van der Waals surface area contributed by atoms with Gasteiger partial charge in [0.05, 0.1) is 12.2 Å². The van der Waals surface area contributed by atoms with E-state index >= 15 is 0 Å². The van der Waals surface area contributed by atoms with E-state index in [4.69, 9.17) is 11.6 Å². The zero-order valence-corrected chi connectivity index (χ0v) is 17.0. The molecule has 1 aromatic carbocycles. The number of guanidine groups is 1. The lowest BCUT2D eigenvalue weighted by molar-refractivity contribution is 0.706. The van der Waals surface area contributed by atoms with E-state index in [0.717, 1.165) is 29.6 Å². The van der Waals surface area contributed by atoms with Crippen LogP contribution in [-0.4, -0.2) is 28.3 Å². The molecule has 1 aliphatic carbocycles. The number of hydrogen-bond donors (Lipinski definition) is 2. The number of rotatable bonds is 5. The van der Waals surface area contributed by atoms with E-state index in [2.05, 4.69) is 33.7 Å². The summed E-state index contributed by atoms with van der Waals surface area (Å²) in [4.78, 5) is 4.65. The highest BCUT2D eigenvalue weighted by Gasteiger charge is 2.39. The third-order valence-electron chi connectivity index (χ3n) is 4.06. The van der Waals surface area contributed by atoms with Crippen molar-refractivity contribution in [3.63, 3.8) is 0 Å². The molecule has 0 bridgehead atoms. The molecule has 1 fully saturated rings. The highest BCUT2D eigenvalue weighted by Crippen LogP contribution is 2.41. The molecule has 2 atom stereocenters. The fraction of sp³-hybridized carbons (Fsp3) is 0.412. The minimum atomic E-state index is 0. The molecule has 0 spiro atoms. The second-order valence-corrected chi connectivity index (χ2v) is 6.23. The SMILES string of the molecule is CCNC(=NCc1ccnn1C)NC1CC1c1cccc(Cl)c1.I. The molecule has 2 N–H and O–H groups in total. The molecule has 3 rings (SSSR count). The predicted molar refractivity (Wildman–Crippen MR) is 109 cm³/mol. The molecule has 1 aliphatic rings. The first-order chi connectivity index (χ1) is 11.2. The average molecular weight is 460 g/mol. The standard InChI is InChI=1S/C17H22ClN5.HI/c1-3-19-17(20-11-14-7-8-21-23(14)2)22-16-10-15(16)12-5-4-6-13(18)9-12;/h4-9,15-16H,3,10-11H2,1-2H3,(H2,19,20,22);1H. The van der Waals surface area contributed by atoms with Crippen LogP contribution in [0.5, 0.6) is 0 Å². The summed E-state index contributed by atoms with van der Waals surface area (Å²) in [5.41, 5.74) is 2.38. The lowest BCUT2D eigenvalue weighted by Crippen LogP contribution is -2.39. The Morgan fingerprint density at radius 2 is 2.25 bits per heavy atom. The van der Waals surface area contributed by atoms with Crippen LogP contribution in [0.2, 0.25) is 5.02 Å². The lowest BCUT2D eigenvalue weighted by Gasteiger charge is -2.11. The molecule has 1 saturated carbocycles. The van der Waals surface area contributed by atoms with E-state index < -0.39 is 0 Å². The Morgan fingerprint density at radius 3 is 2.92 bits per heavy atom. The van der Waals surface area contributed by atoms with E-state index in [1.165, 1.54) is 5.56 Å². The minimum absolute atomic E-state index is 0. The van der Waals surface area contributed by atoms with Gasteiger partial charge in [-0.25, -0.2) is 4.99 Å². The molecule has 7 heteroatoms. The molecule has 24 heavy (non-hydrogen) atoms. The minimum Gasteiger partial charge on any atom is -0.357 e. The molecule has 2 aromatic rings. The molecular weight excluding hydrogens is 437 g/mol. The van der Waals surface area contributed by atoms with Crippen LogP contribution in [0.3, 0.4) is 0 Å². The van der Waals surface area contributed by atoms with Crippen molar-refractivity contribution in [2.75, 3.05) is 6.54 Å². The summed E-state index contributed by atoms with van der Waals surface area (Å²) in [5.74, 6) is 1.36. The third kappa shape index (κ3) is 4.86. The van der Waals surface area contributed by atoms with Gasteiger partial charge in [-0.05, 0) is 37.1 Å². The molecule has 0 radical (unpaired) electrons. The van der Waals surface area contributed by atoms with Gasteiger partial charge in [0.25, 0.3) is 0 Å². The second-order valence-electron chi connectivity index (χ2n) is 5.79. The van der Waals surface area contributed by atoms with Crippen LogP contribution in [0.1, 0.15) is 30.5 Å². The third-order valence-corrected chi connectivity index (χ3v) is 4.29. The highest BCUT2D eigenvalue weighted by atomic mass is 127. The number of aliphatic imine (C=N–C) groups is 1. The van der Waals surface area contributed by atoms with Crippen LogP contribution in [0, 0.1) is 0 Å². The van der Waals surface area contributed by atoms with Crippen molar-refractivity contribution >= 4 is 41.5 Å². The number of hydrogen-bond acceptors (Lipinski definition) is 2. The van der Waals surface area contributed by atoms with Gasteiger partial charge in [0.15, 0.2) is 5.96 Å². The first kappa shape index (κ1) is 19.1. The molecular formula is C17H23ClIN5. The van der Waals surface area contributed by atoms with Gasteiger partial charge in [-0.2, -0.15) is 5.10 Å². The van der Waals surface area contributed by atoms with Gasteiger partial charge in [-0.15, -0.1) is 24.0 Å². The monoisotopic (exact) mass is 459 g/mol. The van der Waals surface area contributed by atoms with Gasteiger partial charge in [-0.1, -0.05) is 23.7 Å². The first-order valence-electron chi connectivity index (χ1n) is 7.94. The van der Waals surface area contributed by atoms with Crippen LogP contribution in [0.4, 0.5) is 0 Å². The summed E-state index contributed by atoms with van der Waals surface area (Å²) in [6, 6.07) is 10.5. The van der Waals surface area contributed by atoms with E-state index in [1.54, 1.807) is 6.20 Å². The normalized spacial score (nSPS) is 19.5. The quantitative estimate of drug-likeness (QED) is 0.410. The Balaban J connectivity index is 0.00000208. The number of nitrogens with one attached hydrogen (secondary N) is 2. The number of benzene rings is 1. The van der Waals surface area contributed by atoms with E-state index in [-0.39, 0.29) is 24.0 Å². The number of aromatic nitrogens is 2. The summed E-state index contributed by atoms with van der Waals surface area (Å²) < 4.78 is 1.85. The van der Waals surface area contributed by atoms with Gasteiger partial charge in [0.1, 0.15) is 0 Å². The molecule has 2 unspecified atom stereocenters. The lowest BCUT2D eigenvalue weighted by atomic mass is 10.1.